The summed E-state index contributed by atoms with van der Waals surface area (Å²) in [7, 11) is -1.43. The first-order valence-corrected chi connectivity index (χ1v) is 6.01. The fourth-order valence-corrected chi connectivity index (χ4v) is 3.47. The van der Waals surface area contributed by atoms with Crippen LogP contribution in [0.5, 0.6) is 0 Å². The minimum Gasteiger partial charge on any atom is -0.217 e. The SMILES string of the molecule is CC(C)(C)C1=C(c2ccccc2)[P@]1F. The molecule has 0 aromatic heterocycles. The minimum atomic E-state index is -1.43. The van der Waals surface area contributed by atoms with Crippen LogP contribution < -0.4 is 0 Å². The molecule has 0 radical (unpaired) electrons. The molecule has 0 N–H and O–H groups in total. The molecule has 2 rings (SSSR count). The molecule has 1 heterocycles. The van der Waals surface area contributed by atoms with E-state index in [0.29, 0.717) is 0 Å². The first-order chi connectivity index (χ1) is 6.52. The van der Waals surface area contributed by atoms with Crippen molar-refractivity contribution in [2.75, 3.05) is 0 Å². The molecule has 1 aliphatic heterocycles. The summed E-state index contributed by atoms with van der Waals surface area (Å²) in [6.07, 6.45) is 0. The standard InChI is InChI=1S/C12H14FP/c1-12(2,3)11-10(14(11)13)9-7-5-4-6-8-9/h4-8H,1-3H3/t14-/m0/s1. The van der Waals surface area contributed by atoms with Gasteiger partial charge in [-0.15, -0.1) is 0 Å². The Morgan fingerprint density at radius 2 is 1.64 bits per heavy atom. The molecule has 0 spiro atoms. The van der Waals surface area contributed by atoms with Gasteiger partial charge in [-0.1, -0.05) is 51.1 Å². The van der Waals surface area contributed by atoms with E-state index in [9.17, 15) is 4.20 Å². The third-order valence-electron chi connectivity index (χ3n) is 2.32. The Balaban J connectivity index is 2.35. The number of hydrogen-bond donors (Lipinski definition) is 0. The van der Waals surface area contributed by atoms with Crippen LogP contribution in [0.25, 0.3) is 5.31 Å². The van der Waals surface area contributed by atoms with Gasteiger partial charge in [0.05, 0.1) is 0 Å². The van der Waals surface area contributed by atoms with Crippen LogP contribution in [0.3, 0.4) is 0 Å². The lowest BCUT2D eigenvalue weighted by atomic mass is 9.95. The molecule has 1 aliphatic rings. The molecule has 0 saturated carbocycles. The third kappa shape index (κ3) is 1.62. The van der Waals surface area contributed by atoms with Gasteiger partial charge in [-0.25, -0.2) is 4.20 Å². The smallest absolute Gasteiger partial charge is 0.142 e. The maximum atomic E-state index is 13.6. The number of allylic oxidation sites excluding steroid dienone is 1. The lowest BCUT2D eigenvalue weighted by Gasteiger charge is -2.12. The van der Waals surface area contributed by atoms with Crippen LogP contribution in [0.15, 0.2) is 35.6 Å². The third-order valence-corrected chi connectivity index (χ3v) is 4.26. The summed E-state index contributed by atoms with van der Waals surface area (Å²) >= 11 is 0. The van der Waals surface area contributed by atoms with Gasteiger partial charge in [0.2, 0.25) is 0 Å². The second-order valence-electron chi connectivity index (χ2n) is 4.59. The van der Waals surface area contributed by atoms with Crippen molar-refractivity contribution in [1.82, 2.24) is 0 Å². The van der Waals surface area contributed by atoms with Crippen LogP contribution in [-0.4, -0.2) is 0 Å². The summed E-state index contributed by atoms with van der Waals surface area (Å²) in [6.45, 7) is 6.23. The van der Waals surface area contributed by atoms with Gasteiger partial charge in [-0.3, -0.25) is 0 Å². The van der Waals surface area contributed by atoms with Gasteiger partial charge in [0, 0.05) is 10.6 Å². The van der Waals surface area contributed by atoms with Gasteiger partial charge in [0.25, 0.3) is 0 Å². The topological polar surface area (TPSA) is 0 Å². The Morgan fingerprint density at radius 3 is 2.07 bits per heavy atom. The highest BCUT2D eigenvalue weighted by atomic mass is 31.2. The van der Waals surface area contributed by atoms with E-state index in [2.05, 4.69) is 20.8 Å². The van der Waals surface area contributed by atoms with Crippen molar-refractivity contribution < 1.29 is 4.20 Å². The minimum absolute atomic E-state index is 0.00831. The monoisotopic (exact) mass is 208 g/mol. The summed E-state index contributed by atoms with van der Waals surface area (Å²) in [5, 5.41) is 1.99. The second-order valence-corrected chi connectivity index (χ2v) is 6.05. The molecule has 1 aromatic carbocycles. The van der Waals surface area contributed by atoms with Gasteiger partial charge in [0.15, 0.2) is 0 Å². The molecule has 14 heavy (non-hydrogen) atoms. The van der Waals surface area contributed by atoms with Gasteiger partial charge in [-0.05, 0) is 11.0 Å². The van der Waals surface area contributed by atoms with E-state index in [1.807, 2.05) is 30.3 Å². The Bertz CT molecular complexity index is 373. The van der Waals surface area contributed by atoms with E-state index < -0.39 is 8.23 Å². The molecular formula is C12H14FP. The van der Waals surface area contributed by atoms with Crippen LogP contribution in [0.1, 0.15) is 26.3 Å². The Labute approximate surface area is 85.7 Å². The van der Waals surface area contributed by atoms with Gasteiger partial charge in [-0.2, -0.15) is 0 Å². The van der Waals surface area contributed by atoms with E-state index in [-0.39, 0.29) is 5.41 Å². The number of halogens is 1. The molecule has 0 amide bonds. The van der Waals surface area contributed by atoms with Gasteiger partial charge in [0.1, 0.15) is 8.23 Å². The number of benzene rings is 1. The van der Waals surface area contributed by atoms with Crippen molar-refractivity contribution >= 4 is 13.5 Å². The van der Waals surface area contributed by atoms with Crippen LogP contribution in [0.4, 0.5) is 4.20 Å². The van der Waals surface area contributed by atoms with E-state index in [0.717, 1.165) is 16.2 Å². The number of rotatable bonds is 1. The summed E-state index contributed by atoms with van der Waals surface area (Å²) in [4.78, 5) is 0. The lowest BCUT2D eigenvalue weighted by Crippen LogP contribution is -2.00. The normalized spacial score (nSPS) is 21.3. The summed E-state index contributed by atoms with van der Waals surface area (Å²) < 4.78 is 13.6. The van der Waals surface area contributed by atoms with Crippen molar-refractivity contribution in [3.8, 4) is 0 Å². The largest absolute Gasteiger partial charge is 0.217 e. The maximum absolute atomic E-state index is 13.6. The molecule has 2 heteroatoms. The van der Waals surface area contributed by atoms with Crippen molar-refractivity contribution in [3.63, 3.8) is 0 Å². The Hall–Kier alpha value is -0.680. The highest BCUT2D eigenvalue weighted by Gasteiger charge is 2.45. The zero-order valence-electron chi connectivity index (χ0n) is 8.71. The van der Waals surface area contributed by atoms with E-state index in [1.54, 1.807) is 0 Å². The Kier molecular flexibility index (Phi) is 2.23. The average Bonchev–Trinajstić information content (AvgIpc) is 2.78. The molecule has 0 bridgehead atoms. The molecule has 0 saturated heterocycles. The van der Waals surface area contributed by atoms with Crippen molar-refractivity contribution in [1.29, 1.82) is 0 Å². The second kappa shape index (κ2) is 3.17. The van der Waals surface area contributed by atoms with Crippen molar-refractivity contribution in [3.05, 3.63) is 41.2 Å². The molecule has 1 aromatic rings. The highest BCUT2D eigenvalue weighted by Crippen LogP contribution is 2.79. The molecule has 0 nitrogen and oxygen atoms in total. The van der Waals surface area contributed by atoms with Crippen LogP contribution in [0, 0.1) is 5.41 Å². The number of hydrogen-bond acceptors (Lipinski definition) is 0. The fraction of sp³-hybridized carbons (Fsp3) is 0.333. The van der Waals surface area contributed by atoms with E-state index >= 15 is 0 Å². The first-order valence-electron chi connectivity index (χ1n) is 4.78. The summed E-state index contributed by atoms with van der Waals surface area (Å²) in [6, 6.07) is 9.86. The lowest BCUT2D eigenvalue weighted by molar-refractivity contribution is 0.537. The predicted molar refractivity (Wildman–Crippen MR) is 60.8 cm³/mol. The van der Waals surface area contributed by atoms with Gasteiger partial charge >= 0.3 is 0 Å². The highest BCUT2D eigenvalue weighted by molar-refractivity contribution is 7.77. The Morgan fingerprint density at radius 1 is 1.07 bits per heavy atom. The maximum Gasteiger partial charge on any atom is 0.142 e. The average molecular weight is 208 g/mol. The van der Waals surface area contributed by atoms with Gasteiger partial charge < -0.3 is 0 Å². The summed E-state index contributed by atoms with van der Waals surface area (Å²) in [5.74, 6) is 0. The van der Waals surface area contributed by atoms with Crippen LogP contribution >= 0.6 is 8.23 Å². The molecule has 0 unspecified atom stereocenters. The zero-order valence-corrected chi connectivity index (χ0v) is 9.61. The van der Waals surface area contributed by atoms with Crippen LogP contribution in [0.2, 0.25) is 0 Å². The van der Waals surface area contributed by atoms with E-state index in [4.69, 9.17) is 0 Å². The quantitative estimate of drug-likeness (QED) is 0.582. The van der Waals surface area contributed by atoms with Crippen molar-refractivity contribution in [2.45, 2.75) is 20.8 Å². The zero-order chi connectivity index (χ0) is 10.3. The van der Waals surface area contributed by atoms with Crippen molar-refractivity contribution in [2.24, 2.45) is 5.41 Å². The molecule has 0 fully saturated rings. The van der Waals surface area contributed by atoms with E-state index in [1.165, 1.54) is 0 Å². The fourth-order valence-electron chi connectivity index (χ4n) is 1.64. The first kappa shape index (κ1) is 9.86. The molecule has 74 valence electrons. The molecular weight excluding hydrogens is 194 g/mol. The predicted octanol–water partition coefficient (Wildman–Crippen LogP) is 4.78. The summed E-state index contributed by atoms with van der Waals surface area (Å²) in [5.41, 5.74) is 1.05. The van der Waals surface area contributed by atoms with Crippen LogP contribution in [-0.2, 0) is 0 Å². The molecule has 1 atom stereocenters. The molecule has 0 aliphatic carbocycles.